The summed E-state index contributed by atoms with van der Waals surface area (Å²) in [7, 11) is -1.04. The molecule has 3 N–H and O–H groups in total. The van der Waals surface area contributed by atoms with Crippen molar-refractivity contribution in [3.8, 4) is 0 Å². The van der Waals surface area contributed by atoms with Gasteiger partial charge in [-0.2, -0.15) is 0 Å². The average molecular weight is 549 g/mol. The average Bonchev–Trinajstić information content (AvgIpc) is 2.88. The van der Waals surface area contributed by atoms with Crippen molar-refractivity contribution in [2.45, 2.75) is 189 Å². The van der Waals surface area contributed by atoms with Gasteiger partial charge in [0.2, 0.25) is 0 Å². The van der Waals surface area contributed by atoms with Gasteiger partial charge in [-0.15, -0.1) is 0 Å². The molecule has 0 atom stereocenters. The Kier molecular flexibility index (Phi) is 41.1. The molecule has 0 aliphatic carbocycles. The van der Waals surface area contributed by atoms with E-state index >= 15 is 0 Å². The minimum Gasteiger partial charge on any atom is -0.412 e. The first-order chi connectivity index (χ1) is 17.7. The van der Waals surface area contributed by atoms with Crippen LogP contribution in [-0.2, 0) is 0 Å². The quantitative estimate of drug-likeness (QED) is 0.0767. The summed E-state index contributed by atoms with van der Waals surface area (Å²) in [6.45, 7) is 11.4. The summed E-state index contributed by atoms with van der Waals surface area (Å²) in [6.07, 6.45) is 42.3. The van der Waals surface area contributed by atoms with Gasteiger partial charge < -0.3 is 10.6 Å². The number of aliphatic hydroxyl groups is 1. The molecule has 0 saturated heterocycles. The molecule has 0 aromatic carbocycles. The fourth-order valence-corrected chi connectivity index (χ4v) is 11.4. The fourth-order valence-electron chi connectivity index (χ4n) is 5.87. The van der Waals surface area contributed by atoms with Crippen molar-refractivity contribution in [3.63, 3.8) is 0 Å². The Morgan fingerprint density at radius 2 is 0.486 bits per heavy atom. The second kappa shape index (κ2) is 36.4. The van der Waals surface area contributed by atoms with Crippen molar-refractivity contribution in [1.82, 2.24) is 0 Å². The minimum atomic E-state index is -1.04. The third kappa shape index (κ3) is 32.5. The molecule has 3 heteroatoms. The van der Waals surface area contributed by atoms with Crippen LogP contribution in [0.4, 0.5) is 0 Å². The van der Waals surface area contributed by atoms with E-state index in [9.17, 15) is 0 Å². The molecule has 0 radical (unpaired) electrons. The van der Waals surface area contributed by atoms with Crippen molar-refractivity contribution in [3.05, 3.63) is 0 Å². The Bertz CT molecular complexity index is 344. The molecule has 2 nitrogen and oxygen atoms in total. The molecular formula is C34H77O2P. The zero-order valence-corrected chi connectivity index (χ0v) is 28.0. The largest absolute Gasteiger partial charge is 0.412 e. The molecule has 0 aromatic heterocycles. The molecule has 0 bridgehead atoms. The van der Waals surface area contributed by atoms with E-state index in [2.05, 4.69) is 27.7 Å². The van der Waals surface area contributed by atoms with Gasteiger partial charge >= 0.3 is 200 Å². The monoisotopic (exact) mass is 549 g/mol. The van der Waals surface area contributed by atoms with Gasteiger partial charge in [-0.3, -0.25) is 0 Å². The van der Waals surface area contributed by atoms with Crippen LogP contribution in [0.25, 0.3) is 0 Å². The van der Waals surface area contributed by atoms with E-state index in [-0.39, 0.29) is 12.1 Å². The van der Waals surface area contributed by atoms with Crippen LogP contribution in [0.2, 0.25) is 0 Å². The van der Waals surface area contributed by atoms with Crippen LogP contribution in [0.15, 0.2) is 0 Å². The van der Waals surface area contributed by atoms with E-state index in [0.717, 1.165) is 0 Å². The molecular weight excluding hydrogens is 471 g/mol. The normalized spacial score (nSPS) is 11.6. The predicted octanol–water partition coefficient (Wildman–Crippen LogP) is 11.4. The maximum Gasteiger partial charge on any atom is 0.0402 e. The maximum atomic E-state index is 7.57. The molecule has 0 heterocycles. The maximum absolute atomic E-state index is 7.57. The Balaban J connectivity index is -0.00000274. The Morgan fingerprint density at radius 3 is 0.703 bits per heavy atom. The van der Waals surface area contributed by atoms with Gasteiger partial charge in [-0.25, -0.2) is 0 Å². The van der Waals surface area contributed by atoms with Crippen LogP contribution in [0.1, 0.15) is 189 Å². The molecule has 0 amide bonds. The summed E-state index contributed by atoms with van der Waals surface area (Å²) in [5.74, 6) is 0. The first kappa shape index (κ1) is 41.8. The van der Waals surface area contributed by atoms with Crippen molar-refractivity contribution in [2.75, 3.05) is 31.3 Å². The second-order valence-corrected chi connectivity index (χ2v) is 16.9. The van der Waals surface area contributed by atoms with Crippen LogP contribution in [0.3, 0.4) is 0 Å². The zero-order valence-electron chi connectivity index (χ0n) is 27.0. The van der Waals surface area contributed by atoms with Crippen LogP contribution in [0, 0.1) is 0 Å². The third-order valence-electron chi connectivity index (χ3n) is 8.24. The molecule has 0 rings (SSSR count). The van der Waals surface area contributed by atoms with Crippen molar-refractivity contribution >= 4 is 7.26 Å². The van der Waals surface area contributed by atoms with E-state index in [0.29, 0.717) is 0 Å². The van der Waals surface area contributed by atoms with Gasteiger partial charge in [0, 0.05) is 6.61 Å². The molecule has 0 aliphatic heterocycles. The second-order valence-electron chi connectivity index (χ2n) is 11.9. The molecule has 0 unspecified atom stereocenters. The predicted molar refractivity (Wildman–Crippen MR) is 178 cm³/mol. The Labute approximate surface area is 237 Å². The standard InChI is InChI=1S/C32H69P.C2H6O.H2O/c1-5-9-13-17-18-19-20-21-22-23-24-28-32-33(29-25-14-10-6-2,30-26-15-11-7-3)31-27-16-12-8-4;1-2-3;/h33H,5-32H2,1-4H3;3H,2H2,1H3;1H2. The van der Waals surface area contributed by atoms with E-state index in [1.807, 2.05) is 0 Å². The Morgan fingerprint density at radius 1 is 0.324 bits per heavy atom. The van der Waals surface area contributed by atoms with Gasteiger partial charge in [-0.05, 0) is 6.92 Å². The first-order valence-corrected chi connectivity index (χ1v) is 20.1. The van der Waals surface area contributed by atoms with Gasteiger partial charge in [0.25, 0.3) is 0 Å². The van der Waals surface area contributed by atoms with Gasteiger partial charge in [0.1, 0.15) is 0 Å². The topological polar surface area (TPSA) is 51.7 Å². The molecule has 0 fully saturated rings. The minimum absolute atomic E-state index is 0. The molecule has 0 aromatic rings. The van der Waals surface area contributed by atoms with Gasteiger partial charge in [0.15, 0.2) is 0 Å². The molecule has 0 saturated carbocycles. The Hall–Kier alpha value is 0.350. The summed E-state index contributed by atoms with van der Waals surface area (Å²) >= 11 is 0. The van der Waals surface area contributed by atoms with Crippen molar-refractivity contribution in [2.24, 2.45) is 0 Å². The number of rotatable bonds is 28. The number of aliphatic hydroxyl groups excluding tert-OH is 1. The summed E-state index contributed by atoms with van der Waals surface area (Å²) in [4.78, 5) is 0. The van der Waals surface area contributed by atoms with E-state index in [4.69, 9.17) is 5.11 Å². The molecule has 0 spiro atoms. The van der Waals surface area contributed by atoms with E-state index in [1.54, 1.807) is 57.3 Å². The third-order valence-corrected chi connectivity index (χ3v) is 13.9. The molecule has 37 heavy (non-hydrogen) atoms. The molecule has 230 valence electrons. The smallest absolute Gasteiger partial charge is 0.0402 e. The van der Waals surface area contributed by atoms with Crippen LogP contribution < -0.4 is 0 Å². The summed E-state index contributed by atoms with van der Waals surface area (Å²) in [5.41, 5.74) is 0. The fraction of sp³-hybridized carbons (Fsp3) is 1.00. The van der Waals surface area contributed by atoms with Crippen molar-refractivity contribution < 1.29 is 10.6 Å². The summed E-state index contributed by atoms with van der Waals surface area (Å²) < 4.78 is 0. The summed E-state index contributed by atoms with van der Waals surface area (Å²) in [5, 5.41) is 7.57. The van der Waals surface area contributed by atoms with E-state index in [1.165, 1.54) is 128 Å². The van der Waals surface area contributed by atoms with Crippen molar-refractivity contribution in [1.29, 1.82) is 0 Å². The van der Waals surface area contributed by atoms with Crippen LogP contribution >= 0.6 is 7.26 Å². The van der Waals surface area contributed by atoms with Gasteiger partial charge in [0.05, 0.1) is 0 Å². The first-order valence-electron chi connectivity index (χ1n) is 17.3. The van der Waals surface area contributed by atoms with Crippen LogP contribution in [0.5, 0.6) is 0 Å². The SMILES string of the molecule is CCCCCCCCCCCCCC[PH](CCCCCC)(CCCCCC)CCCCCC.CCO.O. The molecule has 0 aliphatic rings. The van der Waals surface area contributed by atoms with Crippen LogP contribution in [-0.4, -0.2) is 41.8 Å². The zero-order chi connectivity index (χ0) is 27.0. The number of hydrogen-bond acceptors (Lipinski definition) is 1. The van der Waals surface area contributed by atoms with Gasteiger partial charge in [-0.1, -0.05) is 13.3 Å². The number of hydrogen-bond donors (Lipinski definition) is 1. The van der Waals surface area contributed by atoms with E-state index < -0.39 is 7.26 Å². The summed E-state index contributed by atoms with van der Waals surface area (Å²) in [6, 6.07) is 0. The number of unbranched alkanes of at least 4 members (excludes halogenated alkanes) is 20.